The molecule has 1 unspecified atom stereocenters. The molecule has 2 amide bonds. The highest BCUT2D eigenvalue weighted by Gasteiger charge is 2.32. The third-order valence-electron chi connectivity index (χ3n) is 6.11. The lowest BCUT2D eigenvalue weighted by Crippen LogP contribution is -2.52. The monoisotopic (exact) mass is 442 g/mol. The van der Waals surface area contributed by atoms with E-state index >= 15 is 0 Å². The number of ether oxygens (including phenoxy) is 2. The molecule has 1 atom stereocenters. The fourth-order valence-corrected chi connectivity index (χ4v) is 4.42. The second-order valence-corrected chi connectivity index (χ2v) is 8.29. The summed E-state index contributed by atoms with van der Waals surface area (Å²) in [5.74, 6) is -0.0552. The Hall–Kier alpha value is -2.71. The Kier molecular flexibility index (Phi) is 8.41. The predicted octanol–water partition coefficient (Wildman–Crippen LogP) is 2.43. The number of nitrogens with zero attached hydrogens (tertiary/aromatic N) is 4. The molecule has 1 aliphatic heterocycles. The molecule has 0 aromatic carbocycles. The zero-order chi connectivity index (χ0) is 23.1. The highest BCUT2D eigenvalue weighted by atomic mass is 16.5. The van der Waals surface area contributed by atoms with Gasteiger partial charge in [-0.05, 0) is 44.4 Å². The second-order valence-electron chi connectivity index (χ2n) is 8.29. The molecule has 8 nitrogen and oxygen atoms in total. The van der Waals surface area contributed by atoms with E-state index in [1.54, 1.807) is 19.5 Å². The molecule has 0 spiro atoms. The normalized spacial score (nSPS) is 16.2. The number of amides is 2. The molecule has 0 N–H and O–H groups in total. The van der Waals surface area contributed by atoms with Crippen molar-refractivity contribution in [3.63, 3.8) is 0 Å². The number of carbonyl (C=O) groups excluding carboxylic acids is 2. The largest absolute Gasteiger partial charge is 0.383 e. The van der Waals surface area contributed by atoms with Crippen molar-refractivity contribution in [1.82, 2.24) is 19.4 Å². The van der Waals surface area contributed by atoms with Crippen LogP contribution in [-0.2, 0) is 27.4 Å². The average molecular weight is 443 g/mol. The van der Waals surface area contributed by atoms with Crippen LogP contribution in [0.4, 0.5) is 0 Å². The van der Waals surface area contributed by atoms with E-state index in [0.29, 0.717) is 32.8 Å². The molecule has 2 aromatic heterocycles. The lowest BCUT2D eigenvalue weighted by molar-refractivity contribution is -0.139. The molecule has 0 aliphatic carbocycles. The first kappa shape index (κ1) is 23.9. The van der Waals surface area contributed by atoms with Gasteiger partial charge in [-0.2, -0.15) is 0 Å². The Bertz CT molecular complexity index is 912. The third-order valence-corrected chi connectivity index (χ3v) is 6.11. The fourth-order valence-electron chi connectivity index (χ4n) is 4.42. The number of pyridine rings is 1. The highest BCUT2D eigenvalue weighted by molar-refractivity contribution is 5.96. The van der Waals surface area contributed by atoms with Crippen LogP contribution in [0.25, 0.3) is 0 Å². The number of likely N-dealkylation sites (tertiary alicyclic amines) is 1. The van der Waals surface area contributed by atoms with Gasteiger partial charge in [-0.3, -0.25) is 14.6 Å². The molecule has 0 saturated carbocycles. The molecule has 3 rings (SSSR count). The van der Waals surface area contributed by atoms with Gasteiger partial charge in [0.2, 0.25) is 5.91 Å². The van der Waals surface area contributed by atoms with E-state index in [-0.39, 0.29) is 24.5 Å². The molecule has 174 valence electrons. The van der Waals surface area contributed by atoms with Crippen molar-refractivity contribution in [2.45, 2.75) is 45.8 Å². The van der Waals surface area contributed by atoms with Crippen molar-refractivity contribution in [2.24, 2.45) is 0 Å². The lowest BCUT2D eigenvalue weighted by Gasteiger charge is -2.39. The molecule has 1 aliphatic rings. The molecular weight excluding hydrogens is 408 g/mol. The number of carbonyl (C=O) groups is 2. The summed E-state index contributed by atoms with van der Waals surface area (Å²) in [6, 6.07) is 5.72. The molecule has 0 radical (unpaired) electrons. The van der Waals surface area contributed by atoms with E-state index < -0.39 is 0 Å². The number of aromatic nitrogens is 2. The summed E-state index contributed by atoms with van der Waals surface area (Å²) in [6.45, 7) is 6.98. The maximum absolute atomic E-state index is 13.4. The number of aryl methyl sites for hydroxylation is 1. The first-order valence-electron chi connectivity index (χ1n) is 11.1. The minimum Gasteiger partial charge on any atom is -0.383 e. The smallest absolute Gasteiger partial charge is 0.255 e. The lowest BCUT2D eigenvalue weighted by atomic mass is 10.0. The van der Waals surface area contributed by atoms with Crippen molar-refractivity contribution in [3.05, 3.63) is 53.1 Å². The number of rotatable bonds is 9. The summed E-state index contributed by atoms with van der Waals surface area (Å²) in [4.78, 5) is 34.2. The Morgan fingerprint density at radius 3 is 2.75 bits per heavy atom. The van der Waals surface area contributed by atoms with E-state index in [1.165, 1.54) is 7.11 Å². The summed E-state index contributed by atoms with van der Waals surface area (Å²) >= 11 is 0. The van der Waals surface area contributed by atoms with Crippen LogP contribution >= 0.6 is 0 Å². The Morgan fingerprint density at radius 2 is 2.06 bits per heavy atom. The molecule has 1 fully saturated rings. The number of hydrogen-bond donors (Lipinski definition) is 0. The molecule has 1 saturated heterocycles. The van der Waals surface area contributed by atoms with Crippen LogP contribution in [0.5, 0.6) is 0 Å². The summed E-state index contributed by atoms with van der Waals surface area (Å²) in [5, 5.41) is 0. The molecular formula is C24H34N4O4. The van der Waals surface area contributed by atoms with E-state index in [0.717, 1.165) is 35.4 Å². The molecule has 32 heavy (non-hydrogen) atoms. The average Bonchev–Trinajstić information content (AvgIpc) is 3.09. The Labute approximate surface area is 190 Å². The maximum atomic E-state index is 13.4. The number of methoxy groups -OCH3 is 2. The van der Waals surface area contributed by atoms with Gasteiger partial charge in [0.25, 0.3) is 5.91 Å². The zero-order valence-corrected chi connectivity index (χ0v) is 19.5. The molecule has 0 bridgehead atoms. The van der Waals surface area contributed by atoms with Crippen molar-refractivity contribution in [2.75, 3.05) is 40.5 Å². The molecule has 2 aromatic rings. The van der Waals surface area contributed by atoms with Gasteiger partial charge in [-0.25, -0.2) is 0 Å². The van der Waals surface area contributed by atoms with Crippen LogP contribution in [-0.4, -0.2) is 77.7 Å². The minimum atomic E-state index is -0.0756. The van der Waals surface area contributed by atoms with Crippen molar-refractivity contribution >= 4 is 11.8 Å². The van der Waals surface area contributed by atoms with Crippen LogP contribution in [0.15, 0.2) is 30.6 Å². The van der Waals surface area contributed by atoms with Gasteiger partial charge >= 0.3 is 0 Å². The van der Waals surface area contributed by atoms with Crippen LogP contribution in [0.3, 0.4) is 0 Å². The predicted molar refractivity (Wildman–Crippen MR) is 121 cm³/mol. The topological polar surface area (TPSA) is 76.9 Å². The number of hydrogen-bond acceptors (Lipinski definition) is 5. The van der Waals surface area contributed by atoms with Gasteiger partial charge in [0, 0.05) is 70.2 Å². The van der Waals surface area contributed by atoms with E-state index in [1.807, 2.05) is 41.8 Å². The Morgan fingerprint density at radius 1 is 1.25 bits per heavy atom. The summed E-state index contributed by atoms with van der Waals surface area (Å²) in [5.41, 5.74) is 3.68. The number of piperidine rings is 1. The summed E-state index contributed by atoms with van der Waals surface area (Å²) in [6.07, 6.45) is 5.19. The van der Waals surface area contributed by atoms with Crippen LogP contribution in [0.2, 0.25) is 0 Å². The first-order valence-corrected chi connectivity index (χ1v) is 11.1. The van der Waals surface area contributed by atoms with Crippen LogP contribution in [0, 0.1) is 13.8 Å². The zero-order valence-electron chi connectivity index (χ0n) is 19.5. The van der Waals surface area contributed by atoms with Gasteiger partial charge in [-0.15, -0.1) is 0 Å². The van der Waals surface area contributed by atoms with Gasteiger partial charge in [0.15, 0.2) is 0 Å². The van der Waals surface area contributed by atoms with Crippen molar-refractivity contribution in [1.29, 1.82) is 0 Å². The maximum Gasteiger partial charge on any atom is 0.255 e. The SMILES string of the molecule is COCCn1c(C)cc(C(=O)N2CCCC(N(Cc3cccnc3)C(=O)COC)C2)c1C. The van der Waals surface area contributed by atoms with E-state index in [9.17, 15) is 9.59 Å². The first-order chi connectivity index (χ1) is 15.5. The van der Waals surface area contributed by atoms with Crippen molar-refractivity contribution in [3.8, 4) is 0 Å². The van der Waals surface area contributed by atoms with E-state index in [2.05, 4.69) is 9.55 Å². The van der Waals surface area contributed by atoms with Gasteiger partial charge in [-0.1, -0.05) is 6.07 Å². The highest BCUT2D eigenvalue weighted by Crippen LogP contribution is 2.23. The second kappa shape index (κ2) is 11.2. The fraction of sp³-hybridized carbons (Fsp3) is 0.542. The van der Waals surface area contributed by atoms with Gasteiger partial charge in [0.1, 0.15) is 6.61 Å². The standard InChI is InChI=1S/C24H34N4O4/c1-18-13-22(19(2)27(18)11-12-31-3)24(30)26-10-6-8-21(16-26)28(23(29)17-32-4)15-20-7-5-9-25-14-20/h5,7,9,13-14,21H,6,8,10-12,15-17H2,1-4H3. The van der Waals surface area contributed by atoms with Gasteiger partial charge < -0.3 is 23.8 Å². The summed E-state index contributed by atoms with van der Waals surface area (Å²) < 4.78 is 12.4. The van der Waals surface area contributed by atoms with Crippen molar-refractivity contribution < 1.29 is 19.1 Å². The third kappa shape index (κ3) is 5.55. The quantitative estimate of drug-likeness (QED) is 0.596. The Balaban J connectivity index is 1.77. The van der Waals surface area contributed by atoms with Crippen LogP contribution in [0.1, 0.15) is 40.2 Å². The molecule has 3 heterocycles. The molecule has 8 heteroatoms. The van der Waals surface area contributed by atoms with Gasteiger partial charge in [0.05, 0.1) is 12.2 Å². The summed E-state index contributed by atoms with van der Waals surface area (Å²) in [7, 11) is 3.20. The minimum absolute atomic E-state index is 0.0192. The van der Waals surface area contributed by atoms with E-state index in [4.69, 9.17) is 9.47 Å². The van der Waals surface area contributed by atoms with Crippen LogP contribution < -0.4 is 0 Å².